The molecular formula is C18H22FN3O. The van der Waals surface area contributed by atoms with E-state index in [-0.39, 0.29) is 11.9 Å². The molecule has 1 aromatic heterocycles. The highest BCUT2D eigenvalue weighted by atomic mass is 19.1. The van der Waals surface area contributed by atoms with Gasteiger partial charge in [-0.2, -0.15) is 0 Å². The molecule has 2 saturated heterocycles. The molecule has 1 aromatic carbocycles. The van der Waals surface area contributed by atoms with Gasteiger partial charge in [-0.1, -0.05) is 12.1 Å². The Balaban J connectivity index is 1.30. The number of likely N-dealkylation sites (tertiary alicyclic amines) is 1. The predicted molar refractivity (Wildman–Crippen MR) is 85.4 cm³/mol. The van der Waals surface area contributed by atoms with Gasteiger partial charge in [0.2, 0.25) is 0 Å². The van der Waals surface area contributed by atoms with Crippen LogP contribution in [0, 0.1) is 11.2 Å². The molecule has 0 aliphatic carbocycles. The Hall–Kier alpha value is -1.72. The molecule has 3 heterocycles. The molecule has 0 radical (unpaired) electrons. The molecule has 0 amide bonds. The fourth-order valence-corrected chi connectivity index (χ4v) is 3.94. The van der Waals surface area contributed by atoms with Gasteiger partial charge < -0.3 is 9.30 Å². The van der Waals surface area contributed by atoms with Crippen LogP contribution in [0.25, 0.3) is 0 Å². The smallest absolute Gasteiger partial charge is 0.123 e. The summed E-state index contributed by atoms with van der Waals surface area (Å²) in [5.74, 6) is 0.940. The van der Waals surface area contributed by atoms with Crippen LogP contribution in [-0.2, 0) is 24.8 Å². The van der Waals surface area contributed by atoms with Crippen LogP contribution < -0.4 is 0 Å². The standard InChI is InChI=1S/C18H22FN3O/c1-21-6-5-20-17(21)10-22-11-18(12-22)9-16(23-13-18)8-14-3-2-4-15(19)7-14/h2-7,16H,8-13H2,1H3. The third-order valence-corrected chi connectivity index (χ3v) is 5.04. The topological polar surface area (TPSA) is 30.3 Å². The number of benzene rings is 1. The van der Waals surface area contributed by atoms with Crippen molar-refractivity contribution in [3.8, 4) is 0 Å². The van der Waals surface area contributed by atoms with E-state index in [2.05, 4.69) is 14.5 Å². The first-order valence-corrected chi connectivity index (χ1v) is 8.17. The summed E-state index contributed by atoms with van der Waals surface area (Å²) < 4.78 is 21.3. The largest absolute Gasteiger partial charge is 0.377 e. The molecule has 4 nitrogen and oxygen atoms in total. The van der Waals surface area contributed by atoms with E-state index >= 15 is 0 Å². The number of imidazole rings is 1. The van der Waals surface area contributed by atoms with Gasteiger partial charge in [0.15, 0.2) is 0 Å². The monoisotopic (exact) mass is 315 g/mol. The van der Waals surface area contributed by atoms with E-state index in [0.29, 0.717) is 5.41 Å². The average Bonchev–Trinajstić information content (AvgIpc) is 3.06. The second kappa shape index (κ2) is 5.73. The summed E-state index contributed by atoms with van der Waals surface area (Å²) in [4.78, 5) is 6.81. The van der Waals surface area contributed by atoms with E-state index in [1.54, 1.807) is 12.1 Å². The van der Waals surface area contributed by atoms with Crippen LogP contribution in [0.3, 0.4) is 0 Å². The van der Waals surface area contributed by atoms with Gasteiger partial charge in [-0.3, -0.25) is 4.90 Å². The lowest BCUT2D eigenvalue weighted by Gasteiger charge is -2.47. The second-order valence-electron chi connectivity index (χ2n) is 7.07. The number of aromatic nitrogens is 2. The Morgan fingerprint density at radius 3 is 3.00 bits per heavy atom. The number of halogens is 1. The number of hydrogen-bond donors (Lipinski definition) is 0. The quantitative estimate of drug-likeness (QED) is 0.868. The second-order valence-corrected chi connectivity index (χ2v) is 7.07. The molecule has 2 aliphatic rings. The fraction of sp³-hybridized carbons (Fsp3) is 0.500. The van der Waals surface area contributed by atoms with Crippen molar-refractivity contribution in [1.29, 1.82) is 0 Å². The Morgan fingerprint density at radius 1 is 1.39 bits per heavy atom. The summed E-state index contributed by atoms with van der Waals surface area (Å²) in [6.45, 7) is 3.86. The van der Waals surface area contributed by atoms with Gasteiger partial charge in [0, 0.05) is 37.9 Å². The van der Waals surface area contributed by atoms with Crippen molar-refractivity contribution in [3.63, 3.8) is 0 Å². The summed E-state index contributed by atoms with van der Waals surface area (Å²) in [5, 5.41) is 0. The molecule has 1 atom stereocenters. The maximum absolute atomic E-state index is 13.3. The fourth-order valence-electron chi connectivity index (χ4n) is 3.94. The highest BCUT2D eigenvalue weighted by Gasteiger charge is 2.48. The van der Waals surface area contributed by atoms with Crippen LogP contribution in [0.2, 0.25) is 0 Å². The predicted octanol–water partition coefficient (Wildman–Crippen LogP) is 2.39. The van der Waals surface area contributed by atoms with Crippen molar-refractivity contribution in [1.82, 2.24) is 14.5 Å². The summed E-state index contributed by atoms with van der Waals surface area (Å²) >= 11 is 0. The molecule has 4 rings (SSSR count). The minimum absolute atomic E-state index is 0.167. The Labute approximate surface area is 135 Å². The summed E-state index contributed by atoms with van der Waals surface area (Å²) in [6.07, 6.45) is 5.92. The lowest BCUT2D eigenvalue weighted by atomic mass is 9.77. The molecular weight excluding hydrogens is 293 g/mol. The number of hydrogen-bond acceptors (Lipinski definition) is 3. The van der Waals surface area contributed by atoms with Gasteiger partial charge >= 0.3 is 0 Å². The highest BCUT2D eigenvalue weighted by Crippen LogP contribution is 2.42. The molecule has 1 spiro atoms. The molecule has 5 heteroatoms. The normalized spacial score (nSPS) is 23.3. The van der Waals surface area contributed by atoms with Gasteiger partial charge in [0.05, 0.1) is 19.3 Å². The summed E-state index contributed by atoms with van der Waals surface area (Å²) in [5.41, 5.74) is 1.32. The van der Waals surface area contributed by atoms with Crippen LogP contribution in [0.1, 0.15) is 17.8 Å². The van der Waals surface area contributed by atoms with Gasteiger partial charge in [-0.15, -0.1) is 0 Å². The van der Waals surface area contributed by atoms with E-state index in [1.807, 2.05) is 25.5 Å². The highest BCUT2D eigenvalue weighted by molar-refractivity contribution is 5.18. The Bertz CT molecular complexity index is 693. The minimum Gasteiger partial charge on any atom is -0.377 e. The third kappa shape index (κ3) is 3.03. The van der Waals surface area contributed by atoms with Crippen LogP contribution in [0.15, 0.2) is 36.7 Å². The van der Waals surface area contributed by atoms with E-state index in [1.165, 1.54) is 6.07 Å². The molecule has 122 valence electrons. The van der Waals surface area contributed by atoms with Crippen molar-refractivity contribution in [3.05, 3.63) is 53.9 Å². The third-order valence-electron chi connectivity index (χ3n) is 5.04. The molecule has 0 bridgehead atoms. The minimum atomic E-state index is -0.167. The molecule has 0 saturated carbocycles. The lowest BCUT2D eigenvalue weighted by Crippen LogP contribution is -2.56. The molecule has 0 N–H and O–H groups in total. The molecule has 2 fully saturated rings. The molecule has 23 heavy (non-hydrogen) atoms. The zero-order valence-electron chi connectivity index (χ0n) is 13.4. The van der Waals surface area contributed by atoms with Gasteiger partial charge in [0.1, 0.15) is 11.6 Å². The number of aryl methyl sites for hydroxylation is 1. The Morgan fingerprint density at radius 2 is 2.26 bits per heavy atom. The number of nitrogens with zero attached hydrogens (tertiary/aromatic N) is 3. The van der Waals surface area contributed by atoms with Crippen LogP contribution in [0.4, 0.5) is 4.39 Å². The van der Waals surface area contributed by atoms with E-state index in [9.17, 15) is 4.39 Å². The van der Waals surface area contributed by atoms with Crippen molar-refractivity contribution in [2.24, 2.45) is 12.5 Å². The maximum atomic E-state index is 13.3. The van der Waals surface area contributed by atoms with Gasteiger partial charge in [-0.25, -0.2) is 9.37 Å². The van der Waals surface area contributed by atoms with Crippen LogP contribution in [0.5, 0.6) is 0 Å². The van der Waals surface area contributed by atoms with E-state index in [4.69, 9.17) is 4.74 Å². The summed E-state index contributed by atoms with van der Waals surface area (Å²) in [7, 11) is 2.03. The first-order chi connectivity index (χ1) is 11.1. The Kier molecular flexibility index (Phi) is 3.70. The zero-order valence-corrected chi connectivity index (χ0v) is 13.4. The van der Waals surface area contributed by atoms with Crippen molar-refractivity contribution in [2.75, 3.05) is 19.7 Å². The van der Waals surface area contributed by atoms with Crippen molar-refractivity contribution >= 4 is 0 Å². The van der Waals surface area contributed by atoms with Gasteiger partial charge in [0.25, 0.3) is 0 Å². The summed E-state index contributed by atoms with van der Waals surface area (Å²) in [6, 6.07) is 6.85. The molecule has 1 unspecified atom stereocenters. The average molecular weight is 315 g/mol. The van der Waals surface area contributed by atoms with Crippen LogP contribution in [-0.4, -0.2) is 40.3 Å². The first kappa shape index (κ1) is 14.8. The van der Waals surface area contributed by atoms with Gasteiger partial charge in [-0.05, 0) is 30.5 Å². The van der Waals surface area contributed by atoms with Crippen molar-refractivity contribution < 1.29 is 9.13 Å². The number of rotatable bonds is 4. The SMILES string of the molecule is Cn1ccnc1CN1CC2(COC(Cc3cccc(F)c3)C2)C1. The van der Waals surface area contributed by atoms with E-state index < -0.39 is 0 Å². The molecule has 2 aromatic rings. The maximum Gasteiger partial charge on any atom is 0.123 e. The number of ether oxygens (including phenoxy) is 1. The van der Waals surface area contributed by atoms with E-state index in [0.717, 1.165) is 50.5 Å². The zero-order chi connectivity index (χ0) is 15.9. The lowest BCUT2D eigenvalue weighted by molar-refractivity contribution is -0.0159. The first-order valence-electron chi connectivity index (χ1n) is 8.17. The van der Waals surface area contributed by atoms with Crippen molar-refractivity contribution in [2.45, 2.75) is 25.5 Å². The van der Waals surface area contributed by atoms with Crippen LogP contribution >= 0.6 is 0 Å². The molecule has 2 aliphatic heterocycles.